The molecule has 0 aromatic heterocycles. The number of primary amides is 1. The molecular formula is C5H6FNO2S. The van der Waals surface area contributed by atoms with Crippen LogP contribution in [0.5, 0.6) is 0 Å². The van der Waals surface area contributed by atoms with Crippen LogP contribution in [-0.2, 0) is 9.59 Å². The highest BCUT2D eigenvalue weighted by Gasteiger charge is 2.01. The van der Waals surface area contributed by atoms with Crippen molar-refractivity contribution in [3.8, 4) is 0 Å². The summed E-state index contributed by atoms with van der Waals surface area (Å²) in [6.07, 6.45) is 0.565. The van der Waals surface area contributed by atoms with Gasteiger partial charge in [0.15, 0.2) is 10.9 Å². The fraction of sp³-hybridized carbons (Fsp3) is 0.200. The van der Waals surface area contributed by atoms with Gasteiger partial charge in [0.25, 0.3) is 5.91 Å². The summed E-state index contributed by atoms with van der Waals surface area (Å²) in [5.41, 5.74) is 4.50. The molecule has 0 unspecified atom stereocenters. The summed E-state index contributed by atoms with van der Waals surface area (Å²) in [4.78, 5) is 20.0. The second kappa shape index (κ2) is 4.05. The maximum absolute atomic E-state index is 12.1. The molecule has 0 aromatic carbocycles. The van der Waals surface area contributed by atoms with E-state index in [0.29, 0.717) is 0 Å². The molecule has 0 aliphatic carbocycles. The van der Waals surface area contributed by atoms with Crippen LogP contribution in [0, 0.1) is 0 Å². The second-order valence-electron chi connectivity index (χ2n) is 1.51. The summed E-state index contributed by atoms with van der Waals surface area (Å²) in [7, 11) is 0. The number of halogens is 1. The maximum atomic E-state index is 12.1. The second-order valence-corrected chi connectivity index (χ2v) is 2.01. The molecule has 3 nitrogen and oxygen atoms in total. The maximum Gasteiger partial charge on any atom is 0.277 e. The fourth-order valence-corrected chi connectivity index (χ4v) is 0.369. The molecule has 0 atom stereocenters. The number of amides is 1. The Hall–Kier alpha value is -0.840. The Morgan fingerprint density at radius 1 is 1.60 bits per heavy atom. The Bertz CT molecular complexity index is 190. The number of hydrogen-bond acceptors (Lipinski definition) is 2. The van der Waals surface area contributed by atoms with Crippen molar-refractivity contribution in [2.45, 2.75) is 6.42 Å². The van der Waals surface area contributed by atoms with Crippen molar-refractivity contribution < 1.29 is 14.0 Å². The molecule has 0 saturated heterocycles. The lowest BCUT2D eigenvalue weighted by Crippen LogP contribution is -2.10. The van der Waals surface area contributed by atoms with E-state index >= 15 is 0 Å². The van der Waals surface area contributed by atoms with Crippen molar-refractivity contribution in [2.24, 2.45) is 5.73 Å². The molecule has 0 aliphatic heterocycles. The lowest BCUT2D eigenvalue weighted by Gasteiger charge is -1.86. The first-order chi connectivity index (χ1) is 4.54. The molecule has 5 heteroatoms. The molecule has 56 valence electrons. The normalized spacial score (nSPS) is 11.2. The zero-order chi connectivity index (χ0) is 8.15. The topological polar surface area (TPSA) is 60.2 Å². The van der Waals surface area contributed by atoms with E-state index in [1.54, 1.807) is 0 Å². The summed E-state index contributed by atoms with van der Waals surface area (Å²) in [5.74, 6) is -2.28. The fourth-order valence-electron chi connectivity index (χ4n) is 0.278. The summed E-state index contributed by atoms with van der Waals surface area (Å²) >= 11 is 3.34. The van der Waals surface area contributed by atoms with E-state index in [1.165, 1.54) is 0 Å². The molecule has 0 aromatic rings. The molecule has 0 bridgehead atoms. The lowest BCUT2D eigenvalue weighted by atomic mass is 10.4. The molecule has 0 fully saturated rings. The van der Waals surface area contributed by atoms with E-state index in [9.17, 15) is 14.0 Å². The van der Waals surface area contributed by atoms with Crippen LogP contribution >= 0.6 is 12.6 Å². The number of rotatable bonds is 3. The highest BCUT2D eigenvalue weighted by atomic mass is 32.1. The summed E-state index contributed by atoms with van der Waals surface area (Å²) in [5, 5.41) is -0.517. The third kappa shape index (κ3) is 4.08. The third-order valence-corrected chi connectivity index (χ3v) is 0.874. The van der Waals surface area contributed by atoms with Gasteiger partial charge < -0.3 is 5.73 Å². The summed E-state index contributed by atoms with van der Waals surface area (Å²) < 4.78 is 12.1. The molecule has 0 saturated carbocycles. The first kappa shape index (κ1) is 9.16. The van der Waals surface area contributed by atoms with Crippen LogP contribution < -0.4 is 5.73 Å². The predicted octanol–water partition coefficient (Wildman–Crippen LogP) is 0.172. The molecular weight excluding hydrogens is 157 g/mol. The average molecular weight is 163 g/mol. The van der Waals surface area contributed by atoms with E-state index in [1.807, 2.05) is 0 Å². The van der Waals surface area contributed by atoms with Crippen LogP contribution in [0.3, 0.4) is 0 Å². The highest BCUT2D eigenvalue weighted by molar-refractivity contribution is 7.96. The minimum absolute atomic E-state index is 0.224. The number of hydrogen-bond donors (Lipinski definition) is 2. The predicted molar refractivity (Wildman–Crippen MR) is 37.0 cm³/mol. The van der Waals surface area contributed by atoms with Crippen LogP contribution in [0.1, 0.15) is 6.42 Å². The Morgan fingerprint density at radius 3 is 2.40 bits per heavy atom. The number of allylic oxidation sites excluding steroid dienone is 1. The Balaban J connectivity index is 3.92. The molecule has 10 heavy (non-hydrogen) atoms. The van der Waals surface area contributed by atoms with Crippen LogP contribution in [-0.4, -0.2) is 11.0 Å². The van der Waals surface area contributed by atoms with Gasteiger partial charge in [-0.2, -0.15) is 0 Å². The van der Waals surface area contributed by atoms with Crippen LogP contribution in [0.15, 0.2) is 11.9 Å². The van der Waals surface area contributed by atoms with Crippen molar-refractivity contribution in [1.29, 1.82) is 0 Å². The Labute approximate surface area is 62.5 Å². The van der Waals surface area contributed by atoms with Crippen molar-refractivity contribution in [3.63, 3.8) is 0 Å². The molecule has 0 radical (unpaired) electrons. The zero-order valence-electron chi connectivity index (χ0n) is 5.00. The lowest BCUT2D eigenvalue weighted by molar-refractivity contribution is -0.115. The van der Waals surface area contributed by atoms with Gasteiger partial charge in [-0.1, -0.05) is 0 Å². The molecule has 2 N–H and O–H groups in total. The molecule has 0 rings (SSSR count). The van der Waals surface area contributed by atoms with Gasteiger partial charge in [-0.25, -0.2) is 4.39 Å². The summed E-state index contributed by atoms with van der Waals surface area (Å²) in [6.45, 7) is 0. The number of nitrogens with two attached hydrogens (primary N) is 1. The molecule has 0 aliphatic rings. The number of thiol groups is 1. The Kier molecular flexibility index (Phi) is 3.71. The van der Waals surface area contributed by atoms with Gasteiger partial charge in [0, 0.05) is 6.42 Å². The minimum atomic E-state index is -1.17. The highest BCUT2D eigenvalue weighted by Crippen LogP contribution is 1.98. The monoisotopic (exact) mass is 163 g/mol. The van der Waals surface area contributed by atoms with Gasteiger partial charge in [-0.15, -0.1) is 12.6 Å². The van der Waals surface area contributed by atoms with Gasteiger partial charge in [0.2, 0.25) is 0 Å². The number of carbonyl (C=O) groups excluding carboxylic acids is 2. The first-order valence-electron chi connectivity index (χ1n) is 2.41. The molecule has 0 heterocycles. The van der Waals surface area contributed by atoms with Gasteiger partial charge in [0.05, 0.1) is 0 Å². The largest absolute Gasteiger partial charge is 0.364 e. The smallest absolute Gasteiger partial charge is 0.277 e. The van der Waals surface area contributed by atoms with Gasteiger partial charge in [-0.3, -0.25) is 9.59 Å². The zero-order valence-corrected chi connectivity index (χ0v) is 5.90. The van der Waals surface area contributed by atoms with Gasteiger partial charge in [0.1, 0.15) is 0 Å². The molecule has 1 amide bonds. The van der Waals surface area contributed by atoms with Crippen molar-refractivity contribution in [3.05, 3.63) is 11.9 Å². The molecule has 0 spiro atoms. The average Bonchev–Trinajstić information content (AvgIpc) is 1.82. The van der Waals surface area contributed by atoms with Crippen LogP contribution in [0.2, 0.25) is 0 Å². The van der Waals surface area contributed by atoms with E-state index < -0.39 is 16.8 Å². The van der Waals surface area contributed by atoms with Gasteiger partial charge >= 0.3 is 0 Å². The Morgan fingerprint density at radius 2 is 2.10 bits per heavy atom. The quantitative estimate of drug-likeness (QED) is 0.460. The first-order valence-corrected chi connectivity index (χ1v) is 2.86. The van der Waals surface area contributed by atoms with Crippen LogP contribution in [0.25, 0.3) is 0 Å². The third-order valence-electron chi connectivity index (χ3n) is 0.691. The SMILES string of the molecule is NC(=O)/C(F)=C/CC(=O)S. The van der Waals surface area contributed by atoms with E-state index in [0.717, 1.165) is 6.08 Å². The van der Waals surface area contributed by atoms with E-state index in [2.05, 4.69) is 18.4 Å². The van der Waals surface area contributed by atoms with E-state index in [-0.39, 0.29) is 6.42 Å². The summed E-state index contributed by atoms with van der Waals surface area (Å²) in [6, 6.07) is 0. The van der Waals surface area contributed by atoms with Crippen molar-refractivity contribution in [1.82, 2.24) is 0 Å². The van der Waals surface area contributed by atoms with Crippen molar-refractivity contribution in [2.75, 3.05) is 0 Å². The van der Waals surface area contributed by atoms with Crippen molar-refractivity contribution >= 4 is 23.7 Å². The van der Waals surface area contributed by atoms with Crippen LogP contribution in [0.4, 0.5) is 4.39 Å². The van der Waals surface area contributed by atoms with Gasteiger partial charge in [-0.05, 0) is 6.08 Å². The van der Waals surface area contributed by atoms with E-state index in [4.69, 9.17) is 0 Å². The minimum Gasteiger partial charge on any atom is -0.364 e. The standard InChI is InChI=1S/C5H6FNO2S/c6-3(5(7)9)1-2-4(8)10/h1H,2H2,(H2,7,9)(H,8,10)/b3-1-. The number of carbonyl (C=O) groups is 2.